The van der Waals surface area contributed by atoms with Gasteiger partial charge in [0.2, 0.25) is 0 Å². The highest BCUT2D eigenvalue weighted by Crippen LogP contribution is 2.39. The maximum absolute atomic E-state index is 12.7. The Bertz CT molecular complexity index is 1190. The molecule has 0 aliphatic carbocycles. The number of nitrogens with one attached hydrogen (secondary N) is 2. The van der Waals surface area contributed by atoms with Crippen LogP contribution in [0.15, 0.2) is 53.2 Å². The van der Waals surface area contributed by atoms with Gasteiger partial charge in [0.25, 0.3) is 5.91 Å². The third-order valence-electron chi connectivity index (χ3n) is 5.11. The van der Waals surface area contributed by atoms with Crippen LogP contribution in [0.3, 0.4) is 0 Å². The number of H-pyrrole nitrogens is 1. The fourth-order valence-electron chi connectivity index (χ4n) is 3.66. The minimum atomic E-state index is -0.246. The molecule has 2 N–H and O–H groups in total. The molecule has 5 rings (SSSR count). The molecule has 3 heterocycles. The van der Waals surface area contributed by atoms with E-state index in [1.807, 2.05) is 49.5 Å². The van der Waals surface area contributed by atoms with Crippen LogP contribution in [-0.4, -0.2) is 22.6 Å². The average Bonchev–Trinajstić information content (AvgIpc) is 3.32. The highest BCUT2D eigenvalue weighted by Gasteiger charge is 2.28. The van der Waals surface area contributed by atoms with Gasteiger partial charge in [0.05, 0.1) is 11.1 Å². The minimum absolute atomic E-state index is 0.246. The number of amides is 1. The molecule has 1 aliphatic heterocycles. The van der Waals surface area contributed by atoms with Crippen LogP contribution in [0, 0.1) is 6.92 Å². The second kappa shape index (κ2) is 6.56. The summed E-state index contributed by atoms with van der Waals surface area (Å²) >= 11 is 0. The highest BCUT2D eigenvalue weighted by atomic mass is 16.5. The first-order valence-electron chi connectivity index (χ1n) is 9.26. The van der Waals surface area contributed by atoms with E-state index in [9.17, 15) is 4.79 Å². The van der Waals surface area contributed by atoms with Crippen molar-refractivity contribution in [2.75, 3.05) is 6.54 Å². The predicted molar refractivity (Wildman–Crippen MR) is 105 cm³/mol. The largest absolute Gasteiger partial charge is 0.488 e. The number of benzene rings is 2. The summed E-state index contributed by atoms with van der Waals surface area (Å²) in [6.45, 7) is 2.79. The molecule has 0 saturated carbocycles. The van der Waals surface area contributed by atoms with Crippen molar-refractivity contribution >= 4 is 16.8 Å². The molecule has 2 aromatic heterocycles. The van der Waals surface area contributed by atoms with Crippen molar-refractivity contribution in [3.63, 3.8) is 0 Å². The number of fused-ring (bicyclic) bond motifs is 4. The fraction of sp³-hybridized carbons (Fsp3) is 0.182. The maximum Gasteiger partial charge on any atom is 0.273 e. The molecule has 0 bridgehead atoms. The van der Waals surface area contributed by atoms with Crippen molar-refractivity contribution < 1.29 is 14.1 Å². The molecular weight excluding hydrogens is 354 g/mol. The van der Waals surface area contributed by atoms with E-state index in [1.165, 1.54) is 10.9 Å². The Kier molecular flexibility index (Phi) is 3.90. The van der Waals surface area contributed by atoms with E-state index in [0.29, 0.717) is 23.6 Å². The number of para-hydroxylation sites is 1. The van der Waals surface area contributed by atoms with Gasteiger partial charge in [-0.1, -0.05) is 35.0 Å². The summed E-state index contributed by atoms with van der Waals surface area (Å²) in [5.41, 5.74) is 5.19. The summed E-state index contributed by atoms with van der Waals surface area (Å²) in [6.07, 6.45) is 2.72. The standard InChI is InChI=1S/C22H19N3O3/c1-13-6-7-19-16(10-13)21-17(12-27-19)20(25-28-21)22(26)23-9-8-14-11-24-18-5-3-2-4-15(14)18/h2-7,10-11,24H,8-9,12H2,1H3,(H,23,26). The molecule has 0 saturated heterocycles. The lowest BCUT2D eigenvalue weighted by Gasteiger charge is -2.16. The van der Waals surface area contributed by atoms with Crippen LogP contribution in [0.2, 0.25) is 0 Å². The molecule has 0 radical (unpaired) electrons. The van der Waals surface area contributed by atoms with Crippen LogP contribution in [-0.2, 0) is 13.0 Å². The molecule has 6 nitrogen and oxygen atoms in total. The molecule has 0 spiro atoms. The summed E-state index contributed by atoms with van der Waals surface area (Å²) in [5, 5.41) is 8.14. The molecule has 0 unspecified atom stereocenters. The lowest BCUT2D eigenvalue weighted by molar-refractivity contribution is 0.0943. The molecule has 2 aromatic carbocycles. The Labute approximate surface area is 161 Å². The smallest absolute Gasteiger partial charge is 0.273 e. The van der Waals surface area contributed by atoms with E-state index < -0.39 is 0 Å². The first kappa shape index (κ1) is 16.6. The van der Waals surface area contributed by atoms with Crippen molar-refractivity contribution in [3.05, 3.63) is 71.0 Å². The number of ether oxygens (including phenoxy) is 1. The summed E-state index contributed by atoms with van der Waals surface area (Å²) in [4.78, 5) is 15.9. The van der Waals surface area contributed by atoms with Gasteiger partial charge in [-0.3, -0.25) is 4.79 Å². The Balaban J connectivity index is 1.32. The number of hydrogen-bond acceptors (Lipinski definition) is 4. The van der Waals surface area contributed by atoms with Gasteiger partial charge >= 0.3 is 0 Å². The van der Waals surface area contributed by atoms with Crippen LogP contribution in [0.5, 0.6) is 5.75 Å². The van der Waals surface area contributed by atoms with Crippen LogP contribution in [0.1, 0.15) is 27.2 Å². The monoisotopic (exact) mass is 373 g/mol. The molecule has 6 heteroatoms. The van der Waals surface area contributed by atoms with E-state index in [-0.39, 0.29) is 12.5 Å². The number of carbonyl (C=O) groups is 1. The van der Waals surface area contributed by atoms with Crippen molar-refractivity contribution in [2.45, 2.75) is 20.0 Å². The second-order valence-corrected chi connectivity index (χ2v) is 6.99. The van der Waals surface area contributed by atoms with Gasteiger partial charge in [0, 0.05) is 23.6 Å². The first-order valence-corrected chi connectivity index (χ1v) is 9.26. The zero-order chi connectivity index (χ0) is 19.1. The number of hydrogen-bond donors (Lipinski definition) is 2. The molecule has 0 fully saturated rings. The normalized spacial score (nSPS) is 12.3. The zero-order valence-electron chi connectivity index (χ0n) is 15.4. The number of aromatic nitrogens is 2. The van der Waals surface area contributed by atoms with Gasteiger partial charge < -0.3 is 19.6 Å². The number of aryl methyl sites for hydroxylation is 1. The van der Waals surface area contributed by atoms with Crippen molar-refractivity contribution in [2.24, 2.45) is 0 Å². The summed E-state index contributed by atoms with van der Waals surface area (Å²) in [5.74, 6) is 1.12. The van der Waals surface area contributed by atoms with Crippen LogP contribution in [0.25, 0.3) is 22.2 Å². The average molecular weight is 373 g/mol. The number of carbonyl (C=O) groups excluding carboxylic acids is 1. The number of nitrogens with zero attached hydrogens (tertiary/aromatic N) is 1. The summed E-state index contributed by atoms with van der Waals surface area (Å²) < 4.78 is 11.3. The SMILES string of the molecule is Cc1ccc2c(c1)-c1onc(C(=O)NCCc3c[nH]c4ccccc34)c1CO2. The predicted octanol–water partition coefficient (Wildman–Crippen LogP) is 4.00. The maximum atomic E-state index is 12.7. The van der Waals surface area contributed by atoms with Crippen LogP contribution < -0.4 is 10.1 Å². The van der Waals surface area contributed by atoms with E-state index >= 15 is 0 Å². The molecule has 140 valence electrons. The summed E-state index contributed by atoms with van der Waals surface area (Å²) in [7, 11) is 0. The number of aromatic amines is 1. The highest BCUT2D eigenvalue weighted by molar-refractivity contribution is 5.95. The topological polar surface area (TPSA) is 80.2 Å². The molecule has 28 heavy (non-hydrogen) atoms. The molecular formula is C22H19N3O3. The quantitative estimate of drug-likeness (QED) is 0.567. The Hall–Kier alpha value is -3.54. The van der Waals surface area contributed by atoms with E-state index in [0.717, 1.165) is 28.8 Å². The Morgan fingerprint density at radius 2 is 2.14 bits per heavy atom. The molecule has 1 aliphatic rings. The fourth-order valence-corrected chi connectivity index (χ4v) is 3.66. The van der Waals surface area contributed by atoms with Gasteiger partial charge in [-0.25, -0.2) is 0 Å². The zero-order valence-corrected chi connectivity index (χ0v) is 15.4. The van der Waals surface area contributed by atoms with Gasteiger partial charge in [-0.15, -0.1) is 0 Å². The van der Waals surface area contributed by atoms with E-state index in [1.54, 1.807) is 0 Å². The van der Waals surface area contributed by atoms with Gasteiger partial charge in [-0.2, -0.15) is 0 Å². The van der Waals surface area contributed by atoms with Gasteiger partial charge in [0.1, 0.15) is 12.4 Å². The third-order valence-corrected chi connectivity index (χ3v) is 5.11. The Morgan fingerprint density at radius 1 is 1.25 bits per heavy atom. The van der Waals surface area contributed by atoms with Crippen molar-refractivity contribution in [1.29, 1.82) is 0 Å². The van der Waals surface area contributed by atoms with Gasteiger partial charge in [0.15, 0.2) is 11.5 Å². The second-order valence-electron chi connectivity index (χ2n) is 6.99. The molecule has 0 atom stereocenters. The third kappa shape index (κ3) is 2.74. The Morgan fingerprint density at radius 3 is 3.07 bits per heavy atom. The first-order chi connectivity index (χ1) is 13.7. The minimum Gasteiger partial charge on any atom is -0.488 e. The summed E-state index contributed by atoms with van der Waals surface area (Å²) in [6, 6.07) is 14.0. The van der Waals surface area contributed by atoms with E-state index in [4.69, 9.17) is 9.26 Å². The lowest BCUT2D eigenvalue weighted by atomic mass is 10.0. The van der Waals surface area contributed by atoms with Gasteiger partial charge in [-0.05, 0) is 37.1 Å². The van der Waals surface area contributed by atoms with Crippen LogP contribution in [0.4, 0.5) is 0 Å². The van der Waals surface area contributed by atoms with Crippen molar-refractivity contribution in [3.8, 4) is 17.1 Å². The van der Waals surface area contributed by atoms with Crippen molar-refractivity contribution in [1.82, 2.24) is 15.5 Å². The van der Waals surface area contributed by atoms with Crippen LogP contribution >= 0.6 is 0 Å². The molecule has 1 amide bonds. The number of rotatable bonds is 4. The lowest BCUT2D eigenvalue weighted by Crippen LogP contribution is -2.27. The molecule has 4 aromatic rings. The van der Waals surface area contributed by atoms with E-state index in [2.05, 4.69) is 21.5 Å².